The molecule has 0 atom stereocenters. The van der Waals surface area contributed by atoms with Gasteiger partial charge < -0.3 is 5.32 Å². The second kappa shape index (κ2) is 7.00. The summed E-state index contributed by atoms with van der Waals surface area (Å²) in [6, 6.07) is 15.2. The van der Waals surface area contributed by atoms with Crippen molar-refractivity contribution in [3.8, 4) is 11.3 Å². The predicted molar refractivity (Wildman–Crippen MR) is 105 cm³/mol. The molecule has 2 aromatic heterocycles. The number of nitrogens with zero attached hydrogens (tertiary/aromatic N) is 2. The van der Waals surface area contributed by atoms with Crippen molar-refractivity contribution < 1.29 is 4.79 Å². The molecule has 0 aliphatic heterocycles. The summed E-state index contributed by atoms with van der Waals surface area (Å²) in [5.74, 6) is -0.400. The minimum Gasteiger partial charge on any atom is -0.300 e. The maximum absolute atomic E-state index is 12.2. The molecule has 0 unspecified atom stereocenters. The number of hydrogen-bond acceptors (Lipinski definition) is 5. The lowest BCUT2D eigenvalue weighted by Crippen LogP contribution is -2.32. The Hall–Kier alpha value is -3.52. The smallest absolute Gasteiger partial charge is 0.300 e. The molecular weight excluding hydrogens is 364 g/mol. The van der Waals surface area contributed by atoms with Crippen molar-refractivity contribution in [3.63, 3.8) is 0 Å². The quantitative estimate of drug-likeness (QED) is 0.570. The first kappa shape index (κ1) is 16.9. The van der Waals surface area contributed by atoms with E-state index >= 15 is 0 Å². The zero-order valence-corrected chi connectivity index (χ0v) is 14.8. The Morgan fingerprint density at radius 3 is 2.78 bits per heavy atom. The monoisotopic (exact) mass is 378 g/mol. The predicted octanol–water partition coefficient (Wildman–Crippen LogP) is 2.45. The van der Waals surface area contributed by atoms with Gasteiger partial charge in [-0.05, 0) is 10.8 Å². The van der Waals surface area contributed by atoms with E-state index < -0.39 is 17.2 Å². The third-order valence-corrected chi connectivity index (χ3v) is 4.78. The van der Waals surface area contributed by atoms with Gasteiger partial charge in [-0.15, -0.1) is 11.3 Å². The number of carbonyl (C=O) groups is 1. The lowest BCUT2D eigenvalue weighted by molar-refractivity contribution is -0.116. The molecule has 4 rings (SSSR count). The van der Waals surface area contributed by atoms with Crippen molar-refractivity contribution in [3.05, 3.63) is 80.9 Å². The van der Waals surface area contributed by atoms with Crippen LogP contribution < -0.4 is 16.6 Å². The molecule has 0 saturated carbocycles. The van der Waals surface area contributed by atoms with Gasteiger partial charge in [0, 0.05) is 23.2 Å². The molecule has 0 aliphatic rings. The lowest BCUT2D eigenvalue weighted by atomic mass is 10.0. The summed E-state index contributed by atoms with van der Waals surface area (Å²) in [5, 5.41) is 7.21. The molecule has 2 N–H and O–H groups in total. The maximum atomic E-state index is 12.2. The number of nitrogens with one attached hydrogen (secondary N) is 2. The summed E-state index contributed by atoms with van der Waals surface area (Å²) in [7, 11) is 0. The van der Waals surface area contributed by atoms with Gasteiger partial charge in [0.1, 0.15) is 6.54 Å². The van der Waals surface area contributed by atoms with Gasteiger partial charge in [-0.2, -0.15) is 0 Å². The third-order valence-electron chi connectivity index (χ3n) is 4.03. The van der Waals surface area contributed by atoms with Crippen LogP contribution in [0.2, 0.25) is 0 Å². The average molecular weight is 378 g/mol. The van der Waals surface area contributed by atoms with Crippen molar-refractivity contribution in [2.24, 2.45) is 0 Å². The van der Waals surface area contributed by atoms with E-state index in [1.807, 2.05) is 47.8 Å². The van der Waals surface area contributed by atoms with E-state index in [9.17, 15) is 14.4 Å². The molecule has 0 fully saturated rings. The highest BCUT2D eigenvalue weighted by Gasteiger charge is 2.11. The van der Waals surface area contributed by atoms with Gasteiger partial charge in [-0.25, -0.2) is 9.78 Å². The van der Waals surface area contributed by atoms with Crippen LogP contribution in [0.1, 0.15) is 0 Å². The number of H-pyrrole nitrogens is 1. The van der Waals surface area contributed by atoms with Crippen LogP contribution in [0.25, 0.3) is 22.0 Å². The molecule has 0 bridgehead atoms. The van der Waals surface area contributed by atoms with Crippen LogP contribution in [0, 0.1) is 0 Å². The summed E-state index contributed by atoms with van der Waals surface area (Å²) >= 11 is 1.31. The summed E-state index contributed by atoms with van der Waals surface area (Å²) in [6.07, 6.45) is 1.28. The Balaban J connectivity index is 1.55. The first-order valence-corrected chi connectivity index (χ1v) is 9.01. The molecule has 0 aliphatic carbocycles. The van der Waals surface area contributed by atoms with E-state index in [0.29, 0.717) is 5.13 Å². The number of aromatic amines is 1. The zero-order chi connectivity index (χ0) is 18.8. The second-order valence-electron chi connectivity index (χ2n) is 5.85. The number of carbonyl (C=O) groups excluding carboxylic acids is 1. The Bertz CT molecular complexity index is 1250. The van der Waals surface area contributed by atoms with Crippen LogP contribution in [0.4, 0.5) is 5.13 Å². The average Bonchev–Trinajstić information content (AvgIpc) is 3.11. The van der Waals surface area contributed by atoms with Crippen LogP contribution in [-0.4, -0.2) is 20.4 Å². The zero-order valence-electron chi connectivity index (χ0n) is 14.0. The Morgan fingerprint density at radius 1 is 1.11 bits per heavy atom. The Morgan fingerprint density at radius 2 is 1.93 bits per heavy atom. The van der Waals surface area contributed by atoms with Gasteiger partial charge in [0.05, 0.1) is 5.69 Å². The van der Waals surface area contributed by atoms with Gasteiger partial charge in [0.15, 0.2) is 5.13 Å². The number of amides is 1. The summed E-state index contributed by atoms with van der Waals surface area (Å²) in [6.45, 7) is -0.210. The van der Waals surface area contributed by atoms with E-state index in [1.165, 1.54) is 23.6 Å². The maximum Gasteiger partial charge on any atom is 0.328 e. The minimum absolute atomic E-state index is 0.210. The van der Waals surface area contributed by atoms with Crippen LogP contribution in [0.15, 0.2) is 69.7 Å². The van der Waals surface area contributed by atoms with Crippen LogP contribution in [0.3, 0.4) is 0 Å². The molecule has 8 heteroatoms. The molecule has 4 aromatic rings. The number of benzene rings is 2. The van der Waals surface area contributed by atoms with E-state index in [4.69, 9.17) is 0 Å². The van der Waals surface area contributed by atoms with Crippen LogP contribution in [0.5, 0.6) is 0 Å². The van der Waals surface area contributed by atoms with Gasteiger partial charge in [-0.1, -0.05) is 42.5 Å². The van der Waals surface area contributed by atoms with E-state index in [1.54, 1.807) is 0 Å². The highest BCUT2D eigenvalue weighted by molar-refractivity contribution is 7.14. The lowest BCUT2D eigenvalue weighted by Gasteiger charge is -2.05. The van der Waals surface area contributed by atoms with E-state index in [0.717, 1.165) is 26.6 Å². The molecule has 27 heavy (non-hydrogen) atoms. The molecule has 0 radical (unpaired) electrons. The summed E-state index contributed by atoms with van der Waals surface area (Å²) in [4.78, 5) is 41.5. The number of fused-ring (bicyclic) bond motifs is 1. The van der Waals surface area contributed by atoms with Crippen LogP contribution in [-0.2, 0) is 11.3 Å². The van der Waals surface area contributed by atoms with Crippen molar-refractivity contribution in [2.45, 2.75) is 6.54 Å². The topological polar surface area (TPSA) is 96.9 Å². The molecule has 2 aromatic carbocycles. The summed E-state index contributed by atoms with van der Waals surface area (Å²) < 4.78 is 1.12. The Labute approximate surface area is 157 Å². The minimum atomic E-state index is -0.631. The standard InChI is InChI=1S/C19H14N4O3S/c24-16-8-9-23(19(26)22-16)10-17(25)21-18-20-15(11-27-18)14-7-3-5-12-4-1-2-6-13(12)14/h1-9,11H,10H2,(H,20,21,25)(H,22,24,26). The normalized spacial score (nSPS) is 10.8. The fourth-order valence-electron chi connectivity index (χ4n) is 2.79. The molecule has 2 heterocycles. The second-order valence-corrected chi connectivity index (χ2v) is 6.71. The fourth-order valence-corrected chi connectivity index (χ4v) is 3.51. The molecule has 134 valence electrons. The first-order chi connectivity index (χ1) is 13.1. The van der Waals surface area contributed by atoms with Gasteiger partial charge in [-0.3, -0.25) is 19.1 Å². The van der Waals surface area contributed by atoms with Crippen molar-refractivity contribution in [2.75, 3.05) is 5.32 Å². The highest BCUT2D eigenvalue weighted by atomic mass is 32.1. The summed E-state index contributed by atoms with van der Waals surface area (Å²) in [5.41, 5.74) is 0.625. The number of thiazole rings is 1. The van der Waals surface area contributed by atoms with Crippen molar-refractivity contribution in [1.82, 2.24) is 14.5 Å². The van der Waals surface area contributed by atoms with Gasteiger partial charge in [0.25, 0.3) is 5.56 Å². The molecule has 0 saturated heterocycles. The van der Waals surface area contributed by atoms with E-state index in [2.05, 4.69) is 15.3 Å². The highest BCUT2D eigenvalue weighted by Crippen LogP contribution is 2.30. The fraction of sp³-hybridized carbons (Fsp3) is 0.0526. The number of hydrogen-bond donors (Lipinski definition) is 2. The molecule has 0 spiro atoms. The largest absolute Gasteiger partial charge is 0.328 e. The SMILES string of the molecule is O=C(Cn1ccc(=O)[nH]c1=O)Nc1nc(-c2cccc3ccccc23)cs1. The molecule has 7 nitrogen and oxygen atoms in total. The molecule has 1 amide bonds. The third kappa shape index (κ3) is 3.56. The number of anilines is 1. The van der Waals surface area contributed by atoms with Crippen LogP contribution >= 0.6 is 11.3 Å². The Kier molecular flexibility index (Phi) is 4.39. The van der Waals surface area contributed by atoms with Crippen molar-refractivity contribution >= 4 is 33.1 Å². The van der Waals surface area contributed by atoms with E-state index in [-0.39, 0.29) is 6.54 Å². The van der Waals surface area contributed by atoms with Gasteiger partial charge in [0.2, 0.25) is 5.91 Å². The molecular formula is C19H14N4O3S. The first-order valence-electron chi connectivity index (χ1n) is 8.13. The number of rotatable bonds is 4. The van der Waals surface area contributed by atoms with Gasteiger partial charge >= 0.3 is 5.69 Å². The van der Waals surface area contributed by atoms with Crippen molar-refractivity contribution in [1.29, 1.82) is 0 Å². The number of aromatic nitrogens is 3.